The Labute approximate surface area is 260 Å². The van der Waals surface area contributed by atoms with Gasteiger partial charge in [-0.25, -0.2) is 4.79 Å². The van der Waals surface area contributed by atoms with Crippen LogP contribution < -0.4 is 10.6 Å². The minimum absolute atomic E-state index is 0.167. The molecule has 3 amide bonds. The predicted molar refractivity (Wildman–Crippen MR) is 171 cm³/mol. The van der Waals surface area contributed by atoms with Crippen molar-refractivity contribution in [1.82, 2.24) is 10.2 Å². The second kappa shape index (κ2) is 14.1. The number of carbonyl (C=O) groups excluding carboxylic acids is 3. The number of ether oxygens (including phenoxy) is 1. The quantitative estimate of drug-likeness (QED) is 0.253. The van der Waals surface area contributed by atoms with Gasteiger partial charge in [-0.3, -0.25) is 9.59 Å². The van der Waals surface area contributed by atoms with Gasteiger partial charge >= 0.3 is 6.09 Å². The normalized spacial score (nSPS) is 14.7. The van der Waals surface area contributed by atoms with Gasteiger partial charge in [0.1, 0.15) is 17.7 Å². The summed E-state index contributed by atoms with van der Waals surface area (Å²) in [6, 6.07) is 20.7. The van der Waals surface area contributed by atoms with E-state index in [1.165, 1.54) is 0 Å². The van der Waals surface area contributed by atoms with E-state index >= 15 is 0 Å². The van der Waals surface area contributed by atoms with Gasteiger partial charge in [0, 0.05) is 12.5 Å². The molecule has 4 rings (SSSR count). The predicted octanol–water partition coefficient (Wildman–Crippen LogP) is 7.41. The van der Waals surface area contributed by atoms with Crippen molar-refractivity contribution in [1.29, 1.82) is 0 Å². The van der Waals surface area contributed by atoms with E-state index in [1.807, 2.05) is 73.7 Å². The van der Waals surface area contributed by atoms with Gasteiger partial charge in [0.25, 0.3) is 5.91 Å². The van der Waals surface area contributed by atoms with E-state index in [1.54, 1.807) is 31.7 Å². The molecular weight excluding hydrogens is 562 g/mol. The third kappa shape index (κ3) is 8.38. The Morgan fingerprint density at radius 2 is 1.63 bits per heavy atom. The van der Waals surface area contributed by atoms with Gasteiger partial charge in [-0.2, -0.15) is 0 Å². The molecule has 0 radical (unpaired) electrons. The van der Waals surface area contributed by atoms with Crippen LogP contribution in [0.15, 0.2) is 72.8 Å². The van der Waals surface area contributed by atoms with E-state index in [0.29, 0.717) is 16.3 Å². The zero-order valence-corrected chi connectivity index (χ0v) is 26.4. The van der Waals surface area contributed by atoms with Crippen molar-refractivity contribution >= 4 is 35.2 Å². The van der Waals surface area contributed by atoms with Crippen LogP contribution in [-0.2, 0) is 27.2 Å². The molecule has 0 heterocycles. The number of halogens is 1. The lowest BCUT2D eigenvalue weighted by atomic mass is 9.87. The highest BCUT2D eigenvalue weighted by Crippen LogP contribution is 2.36. The molecule has 1 fully saturated rings. The Bertz CT molecular complexity index is 1400. The maximum absolute atomic E-state index is 14.7. The maximum atomic E-state index is 14.7. The molecule has 43 heavy (non-hydrogen) atoms. The van der Waals surface area contributed by atoms with Crippen LogP contribution in [0, 0.1) is 6.92 Å². The number of nitrogens with one attached hydrogen (secondary N) is 2. The fourth-order valence-corrected chi connectivity index (χ4v) is 5.49. The summed E-state index contributed by atoms with van der Waals surface area (Å²) in [6.07, 6.45) is 2.88. The first-order chi connectivity index (χ1) is 20.5. The lowest BCUT2D eigenvalue weighted by Gasteiger charge is -2.43. The summed E-state index contributed by atoms with van der Waals surface area (Å²) in [4.78, 5) is 43.6. The lowest BCUT2D eigenvalue weighted by molar-refractivity contribution is -0.145. The highest BCUT2D eigenvalue weighted by atomic mass is 35.5. The van der Waals surface area contributed by atoms with Gasteiger partial charge in [0.05, 0.1) is 10.7 Å². The minimum Gasteiger partial charge on any atom is -0.444 e. The van der Waals surface area contributed by atoms with Gasteiger partial charge < -0.3 is 20.3 Å². The first kappa shape index (κ1) is 32.1. The van der Waals surface area contributed by atoms with Crippen molar-refractivity contribution in [3.05, 3.63) is 100 Å². The van der Waals surface area contributed by atoms with Crippen molar-refractivity contribution in [3.8, 4) is 0 Å². The maximum Gasteiger partial charge on any atom is 0.408 e. The SMILES string of the molecule is CCc1ccc(C(C(=O)Nc2c(C)cccc2Cl)N(C(=O)C(Cc2ccccc2)NC(=O)OC(C)(C)C)C2CCC2)cc1. The number of hydrogen-bond donors (Lipinski definition) is 2. The Kier molecular flexibility index (Phi) is 10.5. The fraction of sp³-hybridized carbons (Fsp3) is 0.400. The molecular formula is C35H42ClN3O4. The molecule has 7 nitrogen and oxygen atoms in total. The molecule has 0 bridgehead atoms. The van der Waals surface area contributed by atoms with Crippen LogP contribution in [0.5, 0.6) is 0 Å². The van der Waals surface area contributed by atoms with Crippen LogP contribution in [0.1, 0.15) is 75.3 Å². The number of para-hydroxylation sites is 1. The van der Waals surface area contributed by atoms with Gasteiger partial charge in [-0.1, -0.05) is 85.3 Å². The zero-order chi connectivity index (χ0) is 31.1. The molecule has 3 aromatic rings. The topological polar surface area (TPSA) is 87.7 Å². The summed E-state index contributed by atoms with van der Waals surface area (Å²) in [5.41, 5.74) is 3.28. The molecule has 0 saturated heterocycles. The zero-order valence-electron chi connectivity index (χ0n) is 25.7. The fourth-order valence-electron chi connectivity index (χ4n) is 5.22. The molecule has 1 saturated carbocycles. The second-order valence-electron chi connectivity index (χ2n) is 12.1. The van der Waals surface area contributed by atoms with Gasteiger partial charge in [0.15, 0.2) is 0 Å². The van der Waals surface area contributed by atoms with E-state index in [0.717, 1.165) is 42.4 Å². The van der Waals surface area contributed by atoms with Crippen molar-refractivity contribution in [2.75, 3.05) is 5.32 Å². The van der Waals surface area contributed by atoms with Crippen LogP contribution in [-0.4, -0.2) is 40.5 Å². The average Bonchev–Trinajstić information content (AvgIpc) is 2.93. The molecule has 2 atom stereocenters. The lowest BCUT2D eigenvalue weighted by Crippen LogP contribution is -2.57. The number of hydrogen-bond acceptors (Lipinski definition) is 4. The van der Waals surface area contributed by atoms with Gasteiger partial charge in [0.2, 0.25) is 5.91 Å². The molecule has 1 aliphatic carbocycles. The van der Waals surface area contributed by atoms with Gasteiger partial charge in [-0.05, 0) is 81.7 Å². The van der Waals surface area contributed by atoms with Crippen molar-refractivity contribution < 1.29 is 19.1 Å². The van der Waals surface area contributed by atoms with E-state index in [-0.39, 0.29) is 24.3 Å². The van der Waals surface area contributed by atoms with Crippen molar-refractivity contribution in [2.24, 2.45) is 0 Å². The second-order valence-corrected chi connectivity index (χ2v) is 12.5. The number of nitrogens with zero attached hydrogens (tertiary/aromatic N) is 1. The number of alkyl carbamates (subject to hydrolysis) is 1. The third-order valence-electron chi connectivity index (χ3n) is 7.69. The van der Waals surface area contributed by atoms with E-state index in [4.69, 9.17) is 16.3 Å². The monoisotopic (exact) mass is 603 g/mol. The number of anilines is 1. The van der Waals surface area contributed by atoms with Crippen LogP contribution in [0.2, 0.25) is 5.02 Å². The Morgan fingerprint density at radius 3 is 2.19 bits per heavy atom. The highest BCUT2D eigenvalue weighted by Gasteiger charge is 2.42. The van der Waals surface area contributed by atoms with E-state index in [9.17, 15) is 14.4 Å². The van der Waals surface area contributed by atoms with Crippen LogP contribution >= 0.6 is 11.6 Å². The first-order valence-electron chi connectivity index (χ1n) is 15.0. The standard InChI is InChI=1S/C35H42ClN3O4/c1-6-24-18-20-26(21-19-24)31(32(40)38-30-23(2)12-10-17-28(30)36)39(27-15-11-16-27)33(41)29(22-25-13-8-7-9-14-25)37-34(42)43-35(3,4)5/h7-10,12-14,17-21,27,29,31H,6,11,15-16,22H2,1-5H3,(H,37,42)(H,38,40). The average molecular weight is 604 g/mol. The summed E-state index contributed by atoms with van der Waals surface area (Å²) in [6.45, 7) is 9.27. The molecule has 2 N–H and O–H groups in total. The number of rotatable bonds is 10. The first-order valence-corrected chi connectivity index (χ1v) is 15.3. The summed E-state index contributed by atoms with van der Waals surface area (Å²) in [5.74, 6) is -0.702. The molecule has 3 aromatic carbocycles. The van der Waals surface area contributed by atoms with Gasteiger partial charge in [-0.15, -0.1) is 0 Å². The third-order valence-corrected chi connectivity index (χ3v) is 8.01. The highest BCUT2D eigenvalue weighted by molar-refractivity contribution is 6.34. The summed E-state index contributed by atoms with van der Waals surface area (Å²) in [5, 5.41) is 6.28. The van der Waals surface area contributed by atoms with Crippen LogP contribution in [0.4, 0.5) is 10.5 Å². The minimum atomic E-state index is -0.954. The van der Waals surface area contributed by atoms with E-state index in [2.05, 4.69) is 17.6 Å². The number of aryl methyl sites for hydroxylation is 2. The van der Waals surface area contributed by atoms with Crippen molar-refractivity contribution in [3.63, 3.8) is 0 Å². The molecule has 0 aliphatic heterocycles. The van der Waals surface area contributed by atoms with Crippen molar-refractivity contribution in [2.45, 2.75) is 90.4 Å². The number of amides is 3. The summed E-state index contributed by atoms with van der Waals surface area (Å²) < 4.78 is 5.55. The molecule has 1 aliphatic rings. The largest absolute Gasteiger partial charge is 0.444 e. The van der Waals surface area contributed by atoms with Crippen LogP contribution in [0.3, 0.4) is 0 Å². The number of benzene rings is 3. The summed E-state index contributed by atoms with van der Waals surface area (Å²) in [7, 11) is 0. The smallest absolute Gasteiger partial charge is 0.408 e. The Balaban J connectivity index is 1.77. The Hall–Kier alpha value is -3.84. The molecule has 8 heteroatoms. The number of carbonyl (C=O) groups is 3. The molecule has 0 spiro atoms. The summed E-state index contributed by atoms with van der Waals surface area (Å²) >= 11 is 6.50. The van der Waals surface area contributed by atoms with Crippen LogP contribution in [0.25, 0.3) is 0 Å². The molecule has 0 aromatic heterocycles. The van der Waals surface area contributed by atoms with E-state index < -0.39 is 23.8 Å². The Morgan fingerprint density at radius 1 is 0.953 bits per heavy atom. The molecule has 2 unspecified atom stereocenters. The molecule has 228 valence electrons.